The molecular formula is C12H14NO2. The minimum Gasteiger partial charge on any atom is -0.372 e. The minimum atomic E-state index is -0.175. The van der Waals surface area contributed by atoms with E-state index in [0.717, 1.165) is 5.56 Å². The molecule has 0 fully saturated rings. The van der Waals surface area contributed by atoms with Gasteiger partial charge in [0.2, 0.25) is 5.91 Å². The molecule has 1 rings (SSSR count). The summed E-state index contributed by atoms with van der Waals surface area (Å²) in [4.78, 5) is 11.1. The molecule has 0 aliphatic carbocycles. The first kappa shape index (κ1) is 11.5. The third-order valence-electron chi connectivity index (χ3n) is 1.70. The maximum atomic E-state index is 11.1. The largest absolute Gasteiger partial charge is 0.372 e. The molecular weight excluding hydrogens is 190 g/mol. The van der Waals surface area contributed by atoms with Gasteiger partial charge in [0.1, 0.15) is 6.61 Å². The lowest BCUT2D eigenvalue weighted by atomic mass is 10.2. The Hall–Kier alpha value is -1.61. The molecule has 0 bridgehead atoms. The van der Waals surface area contributed by atoms with Gasteiger partial charge < -0.3 is 10.1 Å². The highest BCUT2D eigenvalue weighted by molar-refractivity contribution is 5.78. The smallest absolute Gasteiger partial charge is 0.249 e. The van der Waals surface area contributed by atoms with Gasteiger partial charge in [0.15, 0.2) is 0 Å². The quantitative estimate of drug-likeness (QED) is 0.791. The van der Waals surface area contributed by atoms with Crippen LogP contribution < -0.4 is 5.32 Å². The number of benzene rings is 1. The molecule has 79 valence electrons. The van der Waals surface area contributed by atoms with Crippen LogP contribution in [0.1, 0.15) is 5.56 Å². The zero-order valence-corrected chi connectivity index (χ0v) is 8.48. The summed E-state index contributed by atoms with van der Waals surface area (Å²) in [6, 6.07) is 9.73. The van der Waals surface area contributed by atoms with Crippen LogP contribution in [-0.4, -0.2) is 19.1 Å². The van der Waals surface area contributed by atoms with E-state index in [1.54, 1.807) is 6.20 Å². The van der Waals surface area contributed by atoms with Gasteiger partial charge in [-0.1, -0.05) is 30.3 Å². The van der Waals surface area contributed by atoms with Gasteiger partial charge in [0, 0.05) is 12.8 Å². The summed E-state index contributed by atoms with van der Waals surface area (Å²) in [7, 11) is 0. The average Bonchev–Trinajstić information content (AvgIpc) is 2.28. The predicted octanol–water partition coefficient (Wildman–Crippen LogP) is 1.62. The van der Waals surface area contributed by atoms with Crippen LogP contribution in [0.15, 0.2) is 36.5 Å². The standard InChI is InChI=1S/C12H14NO2/c1-2-15-10-12(14)13-9-8-11-6-4-3-5-7-11/h3-9H,1-2,10H2,(H,13,14). The number of amides is 1. The third kappa shape index (κ3) is 4.98. The van der Waals surface area contributed by atoms with E-state index in [2.05, 4.69) is 12.2 Å². The maximum Gasteiger partial charge on any atom is 0.249 e. The van der Waals surface area contributed by atoms with Gasteiger partial charge in [-0.2, -0.15) is 0 Å². The molecule has 1 aromatic carbocycles. The van der Waals surface area contributed by atoms with Crippen molar-refractivity contribution in [1.29, 1.82) is 0 Å². The van der Waals surface area contributed by atoms with Gasteiger partial charge in [-0.15, -0.1) is 0 Å². The molecule has 0 heterocycles. The Labute approximate surface area is 89.8 Å². The van der Waals surface area contributed by atoms with Gasteiger partial charge in [0.25, 0.3) is 0 Å². The summed E-state index contributed by atoms with van der Waals surface area (Å²) in [5.74, 6) is -0.175. The van der Waals surface area contributed by atoms with Crippen molar-refractivity contribution in [3.63, 3.8) is 0 Å². The van der Waals surface area contributed by atoms with Crippen molar-refractivity contribution in [2.75, 3.05) is 13.2 Å². The highest BCUT2D eigenvalue weighted by atomic mass is 16.5. The van der Waals surface area contributed by atoms with Crippen molar-refractivity contribution < 1.29 is 9.53 Å². The normalized spacial score (nSPS) is 10.5. The Balaban J connectivity index is 2.31. The molecule has 1 amide bonds. The van der Waals surface area contributed by atoms with Crippen molar-refractivity contribution in [2.24, 2.45) is 0 Å². The summed E-state index contributed by atoms with van der Waals surface area (Å²) in [6.45, 7) is 3.81. The molecule has 1 aromatic rings. The van der Waals surface area contributed by atoms with Crippen LogP contribution in [0, 0.1) is 6.92 Å². The molecule has 0 atom stereocenters. The highest BCUT2D eigenvalue weighted by Gasteiger charge is 1.95. The molecule has 0 aliphatic heterocycles. The number of carbonyl (C=O) groups excluding carboxylic acids is 1. The van der Waals surface area contributed by atoms with E-state index in [1.807, 2.05) is 36.4 Å². The third-order valence-corrected chi connectivity index (χ3v) is 1.70. The molecule has 1 N–H and O–H groups in total. The highest BCUT2D eigenvalue weighted by Crippen LogP contribution is 1.99. The van der Waals surface area contributed by atoms with E-state index < -0.39 is 0 Å². The summed E-state index contributed by atoms with van der Waals surface area (Å²) in [5.41, 5.74) is 1.04. The van der Waals surface area contributed by atoms with Crippen LogP contribution in [0.25, 0.3) is 6.08 Å². The van der Waals surface area contributed by atoms with Crippen molar-refractivity contribution in [3.8, 4) is 0 Å². The number of hydrogen-bond acceptors (Lipinski definition) is 2. The first-order valence-corrected chi connectivity index (χ1v) is 4.71. The predicted molar refractivity (Wildman–Crippen MR) is 59.8 cm³/mol. The summed E-state index contributed by atoms with van der Waals surface area (Å²) < 4.78 is 4.84. The number of nitrogens with one attached hydrogen (secondary N) is 1. The second-order valence-corrected chi connectivity index (χ2v) is 2.86. The van der Waals surface area contributed by atoms with Gasteiger partial charge in [-0.3, -0.25) is 4.79 Å². The Bertz CT molecular complexity index is 320. The summed E-state index contributed by atoms with van der Waals surface area (Å²) >= 11 is 0. The first-order valence-electron chi connectivity index (χ1n) is 4.71. The molecule has 0 aromatic heterocycles. The lowest BCUT2D eigenvalue weighted by molar-refractivity contribution is -0.124. The van der Waals surface area contributed by atoms with Crippen molar-refractivity contribution in [3.05, 3.63) is 49.0 Å². The van der Waals surface area contributed by atoms with E-state index in [-0.39, 0.29) is 12.5 Å². The van der Waals surface area contributed by atoms with Crippen LogP contribution in [0.4, 0.5) is 0 Å². The van der Waals surface area contributed by atoms with E-state index in [1.165, 1.54) is 0 Å². The number of ether oxygens (including phenoxy) is 1. The van der Waals surface area contributed by atoms with Crippen molar-refractivity contribution >= 4 is 12.0 Å². The topological polar surface area (TPSA) is 38.3 Å². The second-order valence-electron chi connectivity index (χ2n) is 2.86. The Kier molecular flexibility index (Phi) is 5.19. The second kappa shape index (κ2) is 6.79. The van der Waals surface area contributed by atoms with E-state index in [9.17, 15) is 4.79 Å². The SMILES string of the molecule is [CH2]COCC(=O)NC=Cc1ccccc1. The van der Waals surface area contributed by atoms with Crippen molar-refractivity contribution in [2.45, 2.75) is 0 Å². The zero-order valence-electron chi connectivity index (χ0n) is 8.48. The Morgan fingerprint density at radius 3 is 2.80 bits per heavy atom. The molecule has 0 saturated carbocycles. The average molecular weight is 204 g/mol. The van der Waals surface area contributed by atoms with Crippen LogP contribution in [0.3, 0.4) is 0 Å². The van der Waals surface area contributed by atoms with Gasteiger partial charge in [0.05, 0.1) is 0 Å². The van der Waals surface area contributed by atoms with Gasteiger partial charge in [-0.25, -0.2) is 0 Å². The van der Waals surface area contributed by atoms with Crippen LogP contribution in [-0.2, 0) is 9.53 Å². The van der Waals surface area contributed by atoms with Gasteiger partial charge in [-0.05, 0) is 18.6 Å². The molecule has 3 heteroatoms. The lowest BCUT2D eigenvalue weighted by Crippen LogP contribution is -2.22. The molecule has 0 spiro atoms. The van der Waals surface area contributed by atoms with E-state index in [4.69, 9.17) is 4.74 Å². The maximum absolute atomic E-state index is 11.1. The zero-order chi connectivity index (χ0) is 10.9. The van der Waals surface area contributed by atoms with Gasteiger partial charge >= 0.3 is 0 Å². The van der Waals surface area contributed by atoms with Crippen molar-refractivity contribution in [1.82, 2.24) is 5.32 Å². The molecule has 1 radical (unpaired) electrons. The minimum absolute atomic E-state index is 0.0443. The molecule has 15 heavy (non-hydrogen) atoms. The Morgan fingerprint density at radius 2 is 2.13 bits per heavy atom. The Morgan fingerprint density at radius 1 is 1.40 bits per heavy atom. The lowest BCUT2D eigenvalue weighted by Gasteiger charge is -1.99. The molecule has 0 aliphatic rings. The van der Waals surface area contributed by atoms with Crippen LogP contribution in [0.2, 0.25) is 0 Å². The number of carbonyl (C=O) groups is 1. The number of hydrogen-bond donors (Lipinski definition) is 1. The van der Waals surface area contributed by atoms with Crippen LogP contribution in [0.5, 0.6) is 0 Å². The first-order chi connectivity index (χ1) is 7.33. The number of rotatable bonds is 5. The van der Waals surface area contributed by atoms with Crippen LogP contribution >= 0.6 is 0 Å². The fourth-order valence-electron chi connectivity index (χ4n) is 1.00. The fourth-order valence-corrected chi connectivity index (χ4v) is 1.00. The van der Waals surface area contributed by atoms with E-state index in [0.29, 0.717) is 6.61 Å². The molecule has 3 nitrogen and oxygen atoms in total. The fraction of sp³-hybridized carbons (Fsp3) is 0.167. The molecule has 0 unspecified atom stereocenters. The summed E-state index contributed by atoms with van der Waals surface area (Å²) in [5, 5.41) is 2.59. The molecule has 0 saturated heterocycles. The van der Waals surface area contributed by atoms with E-state index >= 15 is 0 Å². The summed E-state index contributed by atoms with van der Waals surface area (Å²) in [6.07, 6.45) is 3.42. The monoisotopic (exact) mass is 204 g/mol.